The first-order chi connectivity index (χ1) is 12.4. The van der Waals surface area contributed by atoms with E-state index >= 15 is 0 Å². The lowest BCUT2D eigenvalue weighted by molar-refractivity contribution is 0.285. The summed E-state index contributed by atoms with van der Waals surface area (Å²) in [5.74, 6) is 1.22. The molecular formula is C23H44O3PSi+. The number of aromatic hydroxyl groups is 1. The smallest absolute Gasteiger partial charge is 0.224 e. The van der Waals surface area contributed by atoms with Crippen molar-refractivity contribution in [3.05, 3.63) is 18.2 Å². The number of ether oxygens (including phenoxy) is 1. The Labute approximate surface area is 175 Å². The Morgan fingerprint density at radius 1 is 0.893 bits per heavy atom. The fraction of sp³-hybridized carbons (Fsp3) is 0.739. The van der Waals surface area contributed by atoms with Gasteiger partial charge in [0.1, 0.15) is 17.3 Å². The number of rotatable bonds is 6. The van der Waals surface area contributed by atoms with Crippen LogP contribution in [0.2, 0.25) is 13.1 Å². The molecule has 1 aromatic carbocycles. The summed E-state index contributed by atoms with van der Waals surface area (Å²) in [5, 5.41) is 11.8. The maximum atomic E-state index is 10.5. The third-order valence-corrected chi connectivity index (χ3v) is 14.5. The first-order valence-corrected chi connectivity index (χ1v) is 15.3. The van der Waals surface area contributed by atoms with Crippen LogP contribution in [0.1, 0.15) is 69.2 Å². The molecule has 162 valence electrons. The van der Waals surface area contributed by atoms with Gasteiger partial charge in [-0.05, 0) is 94.5 Å². The van der Waals surface area contributed by atoms with Crippen molar-refractivity contribution >= 4 is 20.9 Å². The van der Waals surface area contributed by atoms with Gasteiger partial charge in [0.25, 0.3) is 0 Å². The molecule has 0 aliphatic heterocycles. The molecule has 0 aliphatic rings. The third kappa shape index (κ3) is 4.94. The topological polar surface area (TPSA) is 38.7 Å². The summed E-state index contributed by atoms with van der Waals surface area (Å²) in [7, 11) is -3.76. The summed E-state index contributed by atoms with van der Waals surface area (Å²) in [6.07, 6.45) is 0.608. The van der Waals surface area contributed by atoms with E-state index in [1.807, 2.05) is 19.1 Å². The molecule has 5 heteroatoms. The average Bonchev–Trinajstić information content (AvgIpc) is 2.42. The molecule has 0 bridgehead atoms. The van der Waals surface area contributed by atoms with E-state index in [0.717, 1.165) is 5.75 Å². The van der Waals surface area contributed by atoms with Gasteiger partial charge in [-0.15, -0.1) is 0 Å². The molecule has 0 saturated carbocycles. The standard InChI is InChI=1S/C23H43O3PSi/c1-13-26-28(11,12)17-25-19-15-14-18(24)16-20(19)27(21(2,3)4,22(5,6)7)23(8,9)10/h14-16H,13,17H2,1-12H3/p+1. The molecule has 1 aromatic rings. The molecule has 0 aliphatic carbocycles. The van der Waals surface area contributed by atoms with Gasteiger partial charge in [-0.1, -0.05) is 0 Å². The van der Waals surface area contributed by atoms with Crippen LogP contribution in [0.3, 0.4) is 0 Å². The quantitative estimate of drug-likeness (QED) is 0.411. The molecule has 0 amide bonds. The normalized spacial score (nSPS) is 14.3. The largest absolute Gasteiger partial charge is 0.508 e. The van der Waals surface area contributed by atoms with E-state index in [1.165, 1.54) is 5.30 Å². The maximum absolute atomic E-state index is 10.5. The molecule has 0 aromatic heterocycles. The lowest BCUT2D eigenvalue weighted by Crippen LogP contribution is -2.49. The van der Waals surface area contributed by atoms with Crippen molar-refractivity contribution < 1.29 is 14.3 Å². The van der Waals surface area contributed by atoms with Crippen molar-refractivity contribution in [2.24, 2.45) is 0 Å². The molecule has 1 rings (SSSR count). The Morgan fingerprint density at radius 2 is 1.36 bits per heavy atom. The molecule has 0 heterocycles. The summed E-state index contributed by atoms with van der Waals surface area (Å²) in [4.78, 5) is 0. The van der Waals surface area contributed by atoms with E-state index in [-0.39, 0.29) is 15.5 Å². The Balaban J connectivity index is 3.74. The van der Waals surface area contributed by atoms with E-state index < -0.39 is 15.6 Å². The van der Waals surface area contributed by atoms with Crippen LogP contribution in [-0.2, 0) is 4.43 Å². The highest BCUT2D eigenvalue weighted by atomic mass is 31.2. The van der Waals surface area contributed by atoms with Crippen LogP contribution in [0.15, 0.2) is 18.2 Å². The second kappa shape index (κ2) is 8.28. The van der Waals surface area contributed by atoms with Gasteiger partial charge in [0.15, 0.2) is 5.75 Å². The molecule has 0 fully saturated rings. The van der Waals surface area contributed by atoms with E-state index in [2.05, 4.69) is 75.4 Å². The molecule has 0 spiro atoms. The van der Waals surface area contributed by atoms with Crippen LogP contribution in [-0.4, -0.2) is 41.7 Å². The SMILES string of the molecule is CCO[Si](C)(C)COc1ccc(O)cc1[P+](C(C)(C)C)(C(C)(C)C)C(C)(C)C. The van der Waals surface area contributed by atoms with E-state index in [4.69, 9.17) is 9.16 Å². The highest BCUT2D eigenvalue weighted by molar-refractivity contribution is 7.87. The van der Waals surface area contributed by atoms with Crippen LogP contribution in [0.5, 0.6) is 11.5 Å². The zero-order valence-electron chi connectivity index (χ0n) is 20.4. The summed E-state index contributed by atoms with van der Waals surface area (Å²) in [6, 6.07) is 5.68. The second-order valence-corrected chi connectivity index (χ2v) is 21.3. The van der Waals surface area contributed by atoms with Crippen LogP contribution in [0.4, 0.5) is 0 Å². The lowest BCUT2D eigenvalue weighted by atomic mass is 10.2. The van der Waals surface area contributed by atoms with Gasteiger partial charge in [0.2, 0.25) is 8.32 Å². The van der Waals surface area contributed by atoms with Crippen molar-refractivity contribution in [3.8, 4) is 11.5 Å². The van der Waals surface area contributed by atoms with E-state index in [0.29, 0.717) is 18.6 Å². The number of phenols is 1. The Bertz CT molecular complexity index is 628. The van der Waals surface area contributed by atoms with E-state index in [1.54, 1.807) is 6.07 Å². The minimum Gasteiger partial charge on any atom is -0.508 e. The van der Waals surface area contributed by atoms with Gasteiger partial charge < -0.3 is 14.3 Å². The van der Waals surface area contributed by atoms with Crippen molar-refractivity contribution in [3.63, 3.8) is 0 Å². The molecule has 0 unspecified atom stereocenters. The third-order valence-electron chi connectivity index (χ3n) is 5.43. The number of benzene rings is 1. The fourth-order valence-electron chi connectivity index (χ4n) is 5.68. The molecule has 0 atom stereocenters. The van der Waals surface area contributed by atoms with Crippen molar-refractivity contribution in [2.75, 3.05) is 12.8 Å². The van der Waals surface area contributed by atoms with Gasteiger partial charge in [-0.25, -0.2) is 0 Å². The second-order valence-electron chi connectivity index (χ2n) is 11.3. The van der Waals surface area contributed by atoms with Crippen LogP contribution in [0.25, 0.3) is 0 Å². The molecule has 0 radical (unpaired) electrons. The van der Waals surface area contributed by atoms with E-state index in [9.17, 15) is 5.11 Å². The summed E-state index contributed by atoms with van der Waals surface area (Å²) >= 11 is 0. The van der Waals surface area contributed by atoms with Crippen LogP contribution in [0, 0.1) is 0 Å². The number of phenolic OH excluding ortho intramolecular Hbond substituents is 1. The summed E-state index contributed by atoms with van der Waals surface area (Å²) in [6.45, 7) is 28.3. The Kier molecular flexibility index (Phi) is 7.53. The molecule has 0 saturated heterocycles. The Hall–Kier alpha value is -0.573. The highest BCUT2D eigenvalue weighted by Gasteiger charge is 2.67. The van der Waals surface area contributed by atoms with Gasteiger partial charge in [-0.2, -0.15) is 0 Å². The van der Waals surface area contributed by atoms with Gasteiger partial charge >= 0.3 is 0 Å². The van der Waals surface area contributed by atoms with Crippen LogP contribution < -0.4 is 10.0 Å². The number of hydrogen-bond acceptors (Lipinski definition) is 3. The molecule has 3 nitrogen and oxygen atoms in total. The minimum atomic E-state index is -1.89. The monoisotopic (exact) mass is 427 g/mol. The van der Waals surface area contributed by atoms with Crippen molar-refractivity contribution in [1.29, 1.82) is 0 Å². The molecule has 1 N–H and O–H groups in total. The first kappa shape index (κ1) is 25.5. The molecular weight excluding hydrogens is 383 g/mol. The fourth-order valence-corrected chi connectivity index (χ4v) is 16.0. The average molecular weight is 428 g/mol. The van der Waals surface area contributed by atoms with Crippen molar-refractivity contribution in [1.82, 2.24) is 0 Å². The maximum Gasteiger partial charge on any atom is 0.224 e. The summed E-state index contributed by atoms with van der Waals surface area (Å²) < 4.78 is 12.4. The first-order valence-electron chi connectivity index (χ1n) is 10.4. The number of hydrogen-bond donors (Lipinski definition) is 1. The zero-order valence-corrected chi connectivity index (χ0v) is 22.3. The summed E-state index contributed by atoms with van der Waals surface area (Å²) in [5.41, 5.74) is 0. The zero-order chi connectivity index (χ0) is 22.2. The van der Waals surface area contributed by atoms with Crippen LogP contribution >= 0.6 is 7.26 Å². The Morgan fingerprint density at radius 3 is 1.75 bits per heavy atom. The van der Waals surface area contributed by atoms with Gasteiger partial charge in [-0.3, -0.25) is 0 Å². The highest BCUT2D eigenvalue weighted by Crippen LogP contribution is 2.83. The van der Waals surface area contributed by atoms with Crippen molar-refractivity contribution in [2.45, 2.75) is 97.8 Å². The predicted molar refractivity (Wildman–Crippen MR) is 129 cm³/mol. The van der Waals surface area contributed by atoms with Gasteiger partial charge in [0.05, 0.1) is 22.7 Å². The predicted octanol–water partition coefficient (Wildman–Crippen LogP) is 6.59. The molecule has 28 heavy (non-hydrogen) atoms. The van der Waals surface area contributed by atoms with Gasteiger partial charge in [0, 0.05) is 12.7 Å². The minimum absolute atomic E-state index is 0.0439. The lowest BCUT2D eigenvalue weighted by Gasteiger charge is -2.54.